The van der Waals surface area contributed by atoms with Crippen LogP contribution in [0, 0.1) is 0 Å². The molecule has 0 fully saturated rings. The van der Waals surface area contributed by atoms with Gasteiger partial charge < -0.3 is 4.55 Å². The second-order valence-electron chi connectivity index (χ2n) is 5.89. The molecule has 5 nitrogen and oxygen atoms in total. The predicted molar refractivity (Wildman–Crippen MR) is 88.2 cm³/mol. The molecule has 0 aliphatic rings. The Morgan fingerprint density at radius 1 is 1.29 bits per heavy atom. The molecule has 24 heavy (non-hydrogen) atoms. The Hall–Kier alpha value is -1.52. The van der Waals surface area contributed by atoms with Gasteiger partial charge in [-0.1, -0.05) is 4.40 Å². The summed E-state index contributed by atoms with van der Waals surface area (Å²) >= 11 is -0.460. The van der Waals surface area contributed by atoms with E-state index in [1.165, 1.54) is 6.07 Å². The van der Waals surface area contributed by atoms with E-state index >= 15 is 0 Å². The minimum absolute atomic E-state index is 0.152. The van der Waals surface area contributed by atoms with Crippen molar-refractivity contribution in [2.75, 3.05) is 0 Å². The minimum Gasteiger partial charge on any atom is -0.591 e. The molecule has 0 amide bonds. The summed E-state index contributed by atoms with van der Waals surface area (Å²) in [5.74, 6) is 0.152. The molecule has 0 spiro atoms. The van der Waals surface area contributed by atoms with Gasteiger partial charge in [0, 0.05) is 11.8 Å². The van der Waals surface area contributed by atoms with E-state index in [9.17, 15) is 17.7 Å². The standard InChI is InChI=1S/C14H15F3N4OS2/c1-8(21-24(22)13(2,3)4)12-19-11(20-23-12)9-5-6-18-10(7-9)14(15,16)17/h5-7H,1-4H3/b21-8+/t24-/m1/s1. The molecule has 1 atom stereocenters. The summed E-state index contributed by atoms with van der Waals surface area (Å²) in [5, 5.41) is 0.410. The lowest BCUT2D eigenvalue weighted by molar-refractivity contribution is -0.141. The normalized spacial score (nSPS) is 14.8. The summed E-state index contributed by atoms with van der Waals surface area (Å²) in [6.07, 6.45) is -3.47. The average molecular weight is 376 g/mol. The lowest BCUT2D eigenvalue weighted by Gasteiger charge is -2.18. The number of hydrogen-bond acceptors (Lipinski definition) is 6. The summed E-state index contributed by atoms with van der Waals surface area (Å²) in [6, 6.07) is 2.30. The Kier molecular flexibility index (Phi) is 5.31. The molecule has 10 heteroatoms. The second-order valence-corrected chi connectivity index (χ2v) is 8.55. The monoisotopic (exact) mass is 376 g/mol. The van der Waals surface area contributed by atoms with Gasteiger partial charge in [-0.3, -0.25) is 4.98 Å². The Morgan fingerprint density at radius 2 is 1.96 bits per heavy atom. The molecule has 0 aliphatic heterocycles. The van der Waals surface area contributed by atoms with Crippen LogP contribution in [0.1, 0.15) is 38.4 Å². The van der Waals surface area contributed by atoms with Crippen LogP contribution in [-0.2, 0) is 17.5 Å². The molecular formula is C14H15F3N4OS2. The quantitative estimate of drug-likeness (QED) is 0.602. The molecule has 0 N–H and O–H groups in total. The van der Waals surface area contributed by atoms with Crippen molar-refractivity contribution in [1.82, 2.24) is 14.3 Å². The van der Waals surface area contributed by atoms with Crippen LogP contribution in [0.5, 0.6) is 0 Å². The van der Waals surface area contributed by atoms with E-state index < -0.39 is 28.0 Å². The smallest absolute Gasteiger partial charge is 0.433 e. The van der Waals surface area contributed by atoms with Crippen LogP contribution in [-0.4, -0.2) is 29.4 Å². The summed E-state index contributed by atoms with van der Waals surface area (Å²) in [7, 11) is 0. The molecule has 130 valence electrons. The Bertz CT molecular complexity index is 753. The van der Waals surface area contributed by atoms with E-state index in [1.807, 2.05) is 0 Å². The first kappa shape index (κ1) is 18.8. The van der Waals surface area contributed by atoms with E-state index in [0.717, 1.165) is 23.8 Å². The van der Waals surface area contributed by atoms with Crippen LogP contribution < -0.4 is 0 Å². The molecule has 0 aliphatic carbocycles. The fourth-order valence-corrected chi connectivity index (χ4v) is 2.80. The molecule has 0 aromatic carbocycles. The zero-order valence-corrected chi connectivity index (χ0v) is 15.0. The van der Waals surface area contributed by atoms with E-state index in [-0.39, 0.29) is 11.4 Å². The van der Waals surface area contributed by atoms with Gasteiger partial charge in [0.25, 0.3) is 0 Å². The number of aromatic nitrogens is 3. The highest BCUT2D eigenvalue weighted by atomic mass is 32.2. The van der Waals surface area contributed by atoms with Gasteiger partial charge in [-0.25, -0.2) is 4.98 Å². The number of nitrogens with zero attached hydrogens (tertiary/aromatic N) is 4. The lowest BCUT2D eigenvalue weighted by Crippen LogP contribution is -2.26. The minimum atomic E-state index is -4.53. The molecule has 0 radical (unpaired) electrons. The fourth-order valence-electron chi connectivity index (χ4n) is 1.51. The molecule has 0 saturated heterocycles. The molecule has 2 heterocycles. The molecule has 0 saturated carbocycles. The first-order valence-corrected chi connectivity index (χ1v) is 8.71. The zero-order chi connectivity index (χ0) is 18.1. The molecule has 2 aromatic heterocycles. The lowest BCUT2D eigenvalue weighted by atomic mass is 10.2. The predicted octanol–water partition coefficient (Wildman–Crippen LogP) is 3.89. The van der Waals surface area contributed by atoms with Crippen molar-refractivity contribution in [2.24, 2.45) is 4.40 Å². The van der Waals surface area contributed by atoms with Crippen molar-refractivity contribution in [3.05, 3.63) is 29.0 Å². The van der Waals surface area contributed by atoms with Crippen molar-refractivity contribution < 1.29 is 17.7 Å². The molecule has 2 rings (SSSR count). The van der Waals surface area contributed by atoms with Crippen molar-refractivity contribution in [2.45, 2.75) is 38.6 Å². The molecule has 0 unspecified atom stereocenters. The van der Waals surface area contributed by atoms with Gasteiger partial charge in [0.2, 0.25) is 0 Å². The van der Waals surface area contributed by atoms with Gasteiger partial charge in [0.15, 0.2) is 10.8 Å². The maximum Gasteiger partial charge on any atom is 0.433 e. The molecular weight excluding hydrogens is 361 g/mol. The first-order chi connectivity index (χ1) is 11.0. The average Bonchev–Trinajstić information content (AvgIpc) is 2.95. The summed E-state index contributed by atoms with van der Waals surface area (Å²) in [4.78, 5) is 7.49. The SMILES string of the molecule is C/C(=N\[S@+]([O-])C(C)(C)C)c1nc(-c2ccnc(C(F)(F)F)c2)ns1. The Morgan fingerprint density at radius 3 is 2.54 bits per heavy atom. The largest absolute Gasteiger partial charge is 0.591 e. The summed E-state index contributed by atoms with van der Waals surface area (Å²) < 4.78 is 57.8. The maximum atomic E-state index is 12.7. The van der Waals surface area contributed by atoms with Crippen LogP contribution in [0.15, 0.2) is 22.7 Å². The summed E-state index contributed by atoms with van der Waals surface area (Å²) in [5.41, 5.74) is -0.364. The van der Waals surface area contributed by atoms with Gasteiger partial charge >= 0.3 is 6.18 Å². The third-order valence-electron chi connectivity index (χ3n) is 2.79. The van der Waals surface area contributed by atoms with Crippen molar-refractivity contribution in [1.29, 1.82) is 0 Å². The van der Waals surface area contributed by atoms with Crippen LogP contribution in [0.25, 0.3) is 11.4 Å². The molecule has 2 aromatic rings. The molecule has 0 bridgehead atoms. The van der Waals surface area contributed by atoms with E-state index in [0.29, 0.717) is 10.7 Å². The number of hydrogen-bond donors (Lipinski definition) is 0. The summed E-state index contributed by atoms with van der Waals surface area (Å²) in [6.45, 7) is 7.02. The van der Waals surface area contributed by atoms with Crippen molar-refractivity contribution in [3.8, 4) is 11.4 Å². The van der Waals surface area contributed by atoms with Crippen molar-refractivity contribution >= 4 is 28.6 Å². The number of pyridine rings is 1. The van der Waals surface area contributed by atoms with Crippen LogP contribution in [0.3, 0.4) is 0 Å². The Labute approximate surface area is 144 Å². The number of rotatable bonds is 3. The zero-order valence-electron chi connectivity index (χ0n) is 13.4. The van der Waals surface area contributed by atoms with Gasteiger partial charge in [-0.2, -0.15) is 17.5 Å². The van der Waals surface area contributed by atoms with Crippen LogP contribution in [0.4, 0.5) is 13.2 Å². The second kappa shape index (κ2) is 6.77. The fraction of sp³-hybridized carbons (Fsp3) is 0.429. The van der Waals surface area contributed by atoms with Gasteiger partial charge in [-0.15, -0.1) is 0 Å². The highest BCUT2D eigenvalue weighted by Gasteiger charge is 2.33. The topological polar surface area (TPSA) is 74.1 Å². The van der Waals surface area contributed by atoms with Crippen molar-refractivity contribution in [3.63, 3.8) is 0 Å². The first-order valence-electron chi connectivity index (χ1n) is 6.83. The van der Waals surface area contributed by atoms with Crippen LogP contribution >= 0.6 is 11.5 Å². The third-order valence-corrected chi connectivity index (χ3v) is 5.10. The number of halogens is 3. The van der Waals surface area contributed by atoms with Gasteiger partial charge in [0.05, 0.1) is 0 Å². The Balaban J connectivity index is 2.30. The van der Waals surface area contributed by atoms with E-state index in [2.05, 4.69) is 18.7 Å². The van der Waals surface area contributed by atoms with E-state index in [1.54, 1.807) is 27.7 Å². The highest BCUT2D eigenvalue weighted by molar-refractivity contribution is 7.91. The van der Waals surface area contributed by atoms with Gasteiger partial charge in [-0.05, 0) is 51.4 Å². The third kappa shape index (κ3) is 4.52. The van der Waals surface area contributed by atoms with Gasteiger partial charge in [0.1, 0.15) is 27.5 Å². The maximum absolute atomic E-state index is 12.7. The highest BCUT2D eigenvalue weighted by Crippen LogP contribution is 2.30. The van der Waals surface area contributed by atoms with Crippen LogP contribution in [0.2, 0.25) is 0 Å². The van der Waals surface area contributed by atoms with E-state index in [4.69, 9.17) is 0 Å². The number of alkyl halides is 3.